The van der Waals surface area contributed by atoms with Crippen molar-refractivity contribution in [2.24, 2.45) is 5.92 Å². The van der Waals surface area contributed by atoms with Gasteiger partial charge in [-0.15, -0.1) is 10.2 Å². The molecule has 0 unspecified atom stereocenters. The lowest BCUT2D eigenvalue weighted by Gasteiger charge is -2.31. The molecule has 0 aliphatic carbocycles. The Morgan fingerprint density at radius 3 is 2.46 bits per heavy atom. The minimum Gasteiger partial charge on any atom is -0.508 e. The lowest BCUT2D eigenvalue weighted by Crippen LogP contribution is -2.40. The van der Waals surface area contributed by atoms with Crippen LogP contribution < -0.4 is 5.32 Å². The maximum atomic E-state index is 13.7. The summed E-state index contributed by atoms with van der Waals surface area (Å²) in [5.74, 6) is -1.27. The number of piperidine rings is 1. The highest BCUT2D eigenvalue weighted by Gasteiger charge is 2.31. The third kappa shape index (κ3) is 6.75. The number of fused-ring (bicyclic) bond motifs is 5. The Morgan fingerprint density at radius 1 is 0.915 bits per heavy atom. The monoisotopic (exact) mass is 791 g/mol. The van der Waals surface area contributed by atoms with E-state index in [0.29, 0.717) is 61.7 Å². The molecule has 1 fully saturated rings. The highest BCUT2D eigenvalue weighted by atomic mass is 16.6. The number of phenols is 2. The van der Waals surface area contributed by atoms with Gasteiger partial charge in [-0.1, -0.05) is 32.0 Å². The highest BCUT2D eigenvalue weighted by molar-refractivity contribution is 6.01. The van der Waals surface area contributed by atoms with Gasteiger partial charge in [-0.2, -0.15) is 0 Å². The molecular weight excluding hydrogens is 751 g/mol. The normalized spacial score (nSPS) is 14.4. The number of para-hydroxylation sites is 1. The molecule has 7 aromatic rings. The zero-order valence-electron chi connectivity index (χ0n) is 32.7. The fourth-order valence-electron chi connectivity index (χ4n) is 7.96. The largest absolute Gasteiger partial charge is 0.508 e. The maximum Gasteiger partial charge on any atom is 0.314 e. The van der Waals surface area contributed by atoms with Crippen LogP contribution in [0.5, 0.6) is 11.5 Å². The van der Waals surface area contributed by atoms with Crippen LogP contribution in [-0.4, -0.2) is 76.7 Å². The molecule has 2 aliphatic rings. The van der Waals surface area contributed by atoms with Crippen LogP contribution >= 0.6 is 0 Å². The van der Waals surface area contributed by atoms with Gasteiger partial charge in [-0.25, -0.2) is 4.98 Å². The van der Waals surface area contributed by atoms with Crippen LogP contribution in [0.25, 0.3) is 50.2 Å². The lowest BCUT2D eigenvalue weighted by molar-refractivity contribution is -0.143. The summed E-state index contributed by atoms with van der Waals surface area (Å²) in [5, 5.41) is 34.6. The molecule has 0 atom stereocenters. The quantitative estimate of drug-likeness (QED) is 0.135. The number of amides is 2. The number of nitrogens with zero attached hydrogens (tertiary/aromatic N) is 6. The number of carbonyl (C=O) groups excluding carboxylic acids is 3. The molecule has 2 amide bonds. The van der Waals surface area contributed by atoms with E-state index in [1.807, 2.05) is 61.0 Å². The Bertz CT molecular complexity index is 2850. The summed E-state index contributed by atoms with van der Waals surface area (Å²) in [6, 6.07) is 21.7. The van der Waals surface area contributed by atoms with Gasteiger partial charge in [-0.05, 0) is 79.8 Å². The summed E-state index contributed by atoms with van der Waals surface area (Å²) in [4.78, 5) is 47.0. The average molecular weight is 792 g/mol. The number of nitrogens with one attached hydrogen (secondary N) is 1. The second kappa shape index (κ2) is 14.9. The molecule has 0 bridgehead atoms. The van der Waals surface area contributed by atoms with Crippen molar-refractivity contribution in [3.8, 4) is 28.6 Å². The van der Waals surface area contributed by atoms with Gasteiger partial charge in [-0.3, -0.25) is 19.0 Å². The van der Waals surface area contributed by atoms with Crippen LogP contribution in [0.3, 0.4) is 0 Å². The first-order valence-corrected chi connectivity index (χ1v) is 19.6. The fourth-order valence-corrected chi connectivity index (χ4v) is 7.96. The molecule has 3 N–H and O–H groups in total. The highest BCUT2D eigenvalue weighted by Crippen LogP contribution is 2.39. The van der Waals surface area contributed by atoms with Gasteiger partial charge < -0.3 is 34.3 Å². The number of pyridine rings is 2. The van der Waals surface area contributed by atoms with Crippen molar-refractivity contribution in [3.05, 3.63) is 120 Å². The topological polar surface area (TPSA) is 173 Å². The minimum atomic E-state index is -0.468. The molecule has 0 spiro atoms. The first kappa shape index (κ1) is 37.4. The molecule has 6 heterocycles. The number of benzene rings is 3. The number of hydrogen-bond acceptors (Lipinski definition) is 10. The van der Waals surface area contributed by atoms with E-state index in [2.05, 4.69) is 21.6 Å². The number of ether oxygens (including phenoxy) is 2. The summed E-state index contributed by atoms with van der Waals surface area (Å²) in [7, 11) is 0. The molecule has 298 valence electrons. The first-order chi connectivity index (χ1) is 28.6. The van der Waals surface area contributed by atoms with Crippen LogP contribution in [0.4, 0.5) is 0 Å². The smallest absolute Gasteiger partial charge is 0.314 e. The minimum absolute atomic E-state index is 0.00938. The number of aromatic hydroxyl groups is 2. The zero-order valence-corrected chi connectivity index (χ0v) is 32.7. The number of rotatable bonds is 8. The van der Waals surface area contributed by atoms with Crippen molar-refractivity contribution in [2.75, 3.05) is 19.6 Å². The zero-order chi connectivity index (χ0) is 40.9. The van der Waals surface area contributed by atoms with E-state index in [-0.39, 0.29) is 46.5 Å². The van der Waals surface area contributed by atoms with Crippen molar-refractivity contribution in [1.82, 2.24) is 34.4 Å². The molecule has 14 heteroatoms. The van der Waals surface area contributed by atoms with E-state index in [4.69, 9.17) is 14.5 Å². The number of aromatic nitrogens is 5. The molecule has 14 nitrogen and oxygen atoms in total. The number of hydrogen-bond donors (Lipinski definition) is 3. The van der Waals surface area contributed by atoms with Gasteiger partial charge in [0.1, 0.15) is 24.4 Å². The van der Waals surface area contributed by atoms with Gasteiger partial charge in [0.2, 0.25) is 5.82 Å². The SMILES string of the molecule is CCNC(=O)c1nnc(-c2cc(C(C)C)c(O)cc2O)n1-c1ccc(C(=O)N2CCC(C(=O)OC3=COCc4cn5cc6cc7ccccc7nc6c5cc43)CC2)cc1. The average Bonchev–Trinajstić information content (AvgIpc) is 3.83. The maximum absolute atomic E-state index is 13.7. The number of phenolic OH excluding ortho intramolecular Hbond substituents is 2. The van der Waals surface area contributed by atoms with E-state index >= 15 is 0 Å². The van der Waals surface area contributed by atoms with Crippen LogP contribution in [0.1, 0.15) is 77.2 Å². The molecule has 0 radical (unpaired) electrons. The van der Waals surface area contributed by atoms with Crippen LogP contribution in [0.15, 0.2) is 91.5 Å². The van der Waals surface area contributed by atoms with E-state index < -0.39 is 11.8 Å². The Balaban J connectivity index is 0.896. The van der Waals surface area contributed by atoms with Crippen LogP contribution in [0.2, 0.25) is 0 Å². The first-order valence-electron chi connectivity index (χ1n) is 19.6. The van der Waals surface area contributed by atoms with Gasteiger partial charge in [0.15, 0.2) is 11.6 Å². The van der Waals surface area contributed by atoms with E-state index in [1.54, 1.807) is 42.2 Å². The predicted octanol–water partition coefficient (Wildman–Crippen LogP) is 7.10. The summed E-state index contributed by atoms with van der Waals surface area (Å²) in [6.07, 6.45) is 6.38. The van der Waals surface area contributed by atoms with Crippen molar-refractivity contribution in [1.29, 1.82) is 0 Å². The second-order valence-corrected chi connectivity index (χ2v) is 15.2. The lowest BCUT2D eigenvalue weighted by atomic mass is 9.96. The standard InChI is InChI=1S/C45H41N7O7/c1-4-46-43(55)42-49-48-41(34-18-32(25(2)3)37(53)20-38(34)54)52(42)31-11-9-26(10-12-31)44(56)50-15-13-27(14-16-50)45(57)59-39-24-58-23-30-22-51-21-29-17-28-7-5-6-8-35(28)47-40(29)36(51)19-33(30)39/h5-12,17-22,24-25,27,53-54H,4,13-16,23H2,1-3H3,(H,46,55). The van der Waals surface area contributed by atoms with Crippen molar-refractivity contribution < 1.29 is 34.1 Å². The molecule has 59 heavy (non-hydrogen) atoms. The van der Waals surface area contributed by atoms with Crippen molar-refractivity contribution in [3.63, 3.8) is 0 Å². The Morgan fingerprint density at radius 2 is 1.69 bits per heavy atom. The summed E-state index contributed by atoms with van der Waals surface area (Å²) >= 11 is 0. The third-order valence-corrected chi connectivity index (χ3v) is 11.1. The molecule has 1 saturated heterocycles. The molecule has 3 aromatic carbocycles. The van der Waals surface area contributed by atoms with Gasteiger partial charge >= 0.3 is 5.97 Å². The molecule has 0 saturated carbocycles. The second-order valence-electron chi connectivity index (χ2n) is 15.2. The number of esters is 1. The molecular formula is C45H41N7O7. The van der Waals surface area contributed by atoms with E-state index in [1.165, 1.54) is 16.9 Å². The van der Waals surface area contributed by atoms with E-state index in [0.717, 1.165) is 38.4 Å². The molecule has 4 aromatic heterocycles. The van der Waals surface area contributed by atoms with Crippen LogP contribution in [0, 0.1) is 5.92 Å². The number of likely N-dealkylation sites (tertiary alicyclic amines) is 1. The van der Waals surface area contributed by atoms with Gasteiger partial charge in [0.05, 0.1) is 28.0 Å². The van der Waals surface area contributed by atoms with Crippen molar-refractivity contribution in [2.45, 2.75) is 46.1 Å². The fraction of sp³-hybridized carbons (Fsp3) is 0.244. The van der Waals surface area contributed by atoms with Crippen molar-refractivity contribution >= 4 is 50.9 Å². The summed E-state index contributed by atoms with van der Waals surface area (Å²) < 4.78 is 15.3. The summed E-state index contributed by atoms with van der Waals surface area (Å²) in [6.45, 7) is 7.03. The predicted molar refractivity (Wildman–Crippen MR) is 220 cm³/mol. The Hall–Kier alpha value is -7.22. The third-order valence-electron chi connectivity index (χ3n) is 11.1. The molecule has 2 aliphatic heterocycles. The Kier molecular flexibility index (Phi) is 9.46. The summed E-state index contributed by atoms with van der Waals surface area (Å²) in [5.41, 5.74) is 6.11. The number of carbonyl (C=O) groups is 3. The van der Waals surface area contributed by atoms with Crippen LogP contribution in [-0.2, 0) is 20.9 Å². The molecule has 9 rings (SSSR count). The van der Waals surface area contributed by atoms with Gasteiger partial charge in [0, 0.05) is 71.2 Å². The van der Waals surface area contributed by atoms with Gasteiger partial charge in [0.25, 0.3) is 11.8 Å². The Labute approximate surface area is 338 Å². The van der Waals surface area contributed by atoms with E-state index in [9.17, 15) is 24.6 Å².